The molecule has 0 aliphatic carbocycles. The summed E-state index contributed by atoms with van der Waals surface area (Å²) >= 11 is 0. The molecule has 1 atom stereocenters. The van der Waals surface area contributed by atoms with Crippen molar-refractivity contribution in [2.75, 3.05) is 25.6 Å². The Hall–Kier alpha value is -1.55. The maximum atomic E-state index is 12.0. The highest BCUT2D eigenvalue weighted by atomic mass is 16.3. The van der Waals surface area contributed by atoms with Gasteiger partial charge in [0, 0.05) is 38.0 Å². The van der Waals surface area contributed by atoms with Crippen molar-refractivity contribution in [1.82, 2.24) is 5.32 Å². The Morgan fingerprint density at radius 3 is 2.39 bits per heavy atom. The Balaban J connectivity index is 2.66. The predicted octanol–water partition coefficient (Wildman–Crippen LogP) is 1.64. The highest BCUT2D eigenvalue weighted by molar-refractivity contribution is 5.94. The van der Waals surface area contributed by atoms with E-state index in [9.17, 15) is 4.79 Å². The van der Waals surface area contributed by atoms with Gasteiger partial charge in [-0.1, -0.05) is 6.92 Å². The van der Waals surface area contributed by atoms with Gasteiger partial charge in [-0.15, -0.1) is 0 Å². The van der Waals surface area contributed by atoms with Gasteiger partial charge in [-0.05, 0) is 37.1 Å². The van der Waals surface area contributed by atoms with Gasteiger partial charge in [0.05, 0.1) is 0 Å². The Morgan fingerprint density at radius 2 is 1.94 bits per heavy atom. The molecule has 0 aromatic heterocycles. The van der Waals surface area contributed by atoms with Crippen molar-refractivity contribution in [3.05, 3.63) is 29.8 Å². The molecule has 0 saturated carbocycles. The fraction of sp³-hybridized carbons (Fsp3) is 0.500. The first-order valence-electron chi connectivity index (χ1n) is 6.27. The quantitative estimate of drug-likeness (QED) is 0.807. The number of anilines is 1. The molecule has 1 rings (SSSR count). The van der Waals surface area contributed by atoms with E-state index in [0.29, 0.717) is 12.0 Å². The molecule has 0 aliphatic rings. The normalized spacial score (nSPS) is 12.0. The Bertz CT molecular complexity index is 374. The van der Waals surface area contributed by atoms with Crippen LogP contribution >= 0.6 is 0 Å². The molecule has 0 spiro atoms. The summed E-state index contributed by atoms with van der Waals surface area (Å²) in [7, 11) is 3.92. The van der Waals surface area contributed by atoms with Gasteiger partial charge in [-0.2, -0.15) is 0 Å². The molecule has 0 aliphatic heterocycles. The summed E-state index contributed by atoms with van der Waals surface area (Å²) in [6.07, 6.45) is 1.42. The molecule has 2 N–H and O–H groups in total. The van der Waals surface area contributed by atoms with Crippen molar-refractivity contribution in [2.45, 2.75) is 25.8 Å². The maximum absolute atomic E-state index is 12.0. The van der Waals surface area contributed by atoms with Gasteiger partial charge in [0.1, 0.15) is 0 Å². The molecule has 0 radical (unpaired) electrons. The second-order valence-electron chi connectivity index (χ2n) is 4.53. The second-order valence-corrected chi connectivity index (χ2v) is 4.53. The van der Waals surface area contributed by atoms with Crippen LogP contribution < -0.4 is 10.2 Å². The Morgan fingerprint density at radius 1 is 1.33 bits per heavy atom. The van der Waals surface area contributed by atoms with Crippen LogP contribution in [0.4, 0.5) is 5.69 Å². The second kappa shape index (κ2) is 7.01. The van der Waals surface area contributed by atoms with Crippen molar-refractivity contribution >= 4 is 11.6 Å². The van der Waals surface area contributed by atoms with Crippen LogP contribution in [0.5, 0.6) is 0 Å². The molecule has 0 heterocycles. The van der Waals surface area contributed by atoms with E-state index in [-0.39, 0.29) is 18.6 Å². The number of hydrogen-bond donors (Lipinski definition) is 2. The first-order chi connectivity index (χ1) is 8.58. The summed E-state index contributed by atoms with van der Waals surface area (Å²) in [6.45, 7) is 2.09. The van der Waals surface area contributed by atoms with E-state index in [2.05, 4.69) is 5.32 Å². The smallest absolute Gasteiger partial charge is 0.251 e. The topological polar surface area (TPSA) is 52.6 Å². The summed E-state index contributed by atoms with van der Waals surface area (Å²) in [4.78, 5) is 14.0. The van der Waals surface area contributed by atoms with Crippen molar-refractivity contribution in [1.29, 1.82) is 0 Å². The molecule has 0 saturated heterocycles. The number of hydrogen-bond acceptors (Lipinski definition) is 3. The van der Waals surface area contributed by atoms with Crippen LogP contribution in [0, 0.1) is 0 Å². The predicted molar refractivity (Wildman–Crippen MR) is 74.0 cm³/mol. The van der Waals surface area contributed by atoms with Crippen LogP contribution in [0.1, 0.15) is 30.1 Å². The van der Waals surface area contributed by atoms with Gasteiger partial charge in [-0.3, -0.25) is 4.79 Å². The van der Waals surface area contributed by atoms with E-state index in [1.54, 1.807) is 0 Å². The molecule has 1 aromatic carbocycles. The van der Waals surface area contributed by atoms with Gasteiger partial charge in [-0.25, -0.2) is 0 Å². The molecule has 100 valence electrons. The highest BCUT2D eigenvalue weighted by Gasteiger charge is 2.11. The monoisotopic (exact) mass is 250 g/mol. The van der Waals surface area contributed by atoms with Gasteiger partial charge < -0.3 is 15.3 Å². The molecule has 1 amide bonds. The number of carbonyl (C=O) groups is 1. The van der Waals surface area contributed by atoms with E-state index < -0.39 is 0 Å². The number of carbonyl (C=O) groups excluding carboxylic acids is 1. The third kappa shape index (κ3) is 4.04. The largest absolute Gasteiger partial charge is 0.396 e. The van der Waals surface area contributed by atoms with E-state index in [1.165, 1.54) is 0 Å². The lowest BCUT2D eigenvalue weighted by Crippen LogP contribution is -2.35. The maximum Gasteiger partial charge on any atom is 0.251 e. The minimum Gasteiger partial charge on any atom is -0.396 e. The van der Waals surface area contributed by atoms with Crippen molar-refractivity contribution < 1.29 is 9.90 Å². The summed E-state index contributed by atoms with van der Waals surface area (Å²) < 4.78 is 0. The zero-order valence-electron chi connectivity index (χ0n) is 11.3. The first kappa shape index (κ1) is 14.5. The zero-order chi connectivity index (χ0) is 13.5. The molecule has 0 bridgehead atoms. The zero-order valence-corrected chi connectivity index (χ0v) is 11.3. The van der Waals surface area contributed by atoms with E-state index in [0.717, 1.165) is 12.1 Å². The van der Waals surface area contributed by atoms with E-state index in [4.69, 9.17) is 5.11 Å². The van der Waals surface area contributed by atoms with Crippen LogP contribution in [-0.2, 0) is 0 Å². The highest BCUT2D eigenvalue weighted by Crippen LogP contribution is 2.12. The average Bonchev–Trinajstić information content (AvgIpc) is 2.38. The summed E-state index contributed by atoms with van der Waals surface area (Å²) in [5.74, 6) is -0.0828. The lowest BCUT2D eigenvalue weighted by atomic mass is 10.1. The summed E-state index contributed by atoms with van der Waals surface area (Å²) in [5, 5.41) is 11.8. The van der Waals surface area contributed by atoms with Crippen molar-refractivity contribution in [3.8, 4) is 0 Å². The summed E-state index contributed by atoms with van der Waals surface area (Å²) in [6, 6.07) is 7.51. The Labute approximate surface area is 109 Å². The average molecular weight is 250 g/mol. The van der Waals surface area contributed by atoms with Gasteiger partial charge in [0.25, 0.3) is 5.91 Å². The molecule has 4 nitrogen and oxygen atoms in total. The number of amides is 1. The number of aliphatic hydroxyl groups is 1. The Kier molecular flexibility index (Phi) is 5.65. The number of nitrogens with one attached hydrogen (secondary N) is 1. The van der Waals surface area contributed by atoms with Gasteiger partial charge >= 0.3 is 0 Å². The van der Waals surface area contributed by atoms with Crippen LogP contribution in [0.2, 0.25) is 0 Å². The number of benzene rings is 1. The molecule has 4 heteroatoms. The molecule has 0 fully saturated rings. The molecular formula is C14H22N2O2. The van der Waals surface area contributed by atoms with Crippen molar-refractivity contribution in [3.63, 3.8) is 0 Å². The van der Waals surface area contributed by atoms with E-state index in [1.807, 2.05) is 50.2 Å². The molecule has 18 heavy (non-hydrogen) atoms. The fourth-order valence-corrected chi connectivity index (χ4v) is 1.71. The molecular weight excluding hydrogens is 228 g/mol. The number of rotatable bonds is 6. The minimum absolute atomic E-state index is 0.0380. The minimum atomic E-state index is -0.0828. The molecule has 1 unspecified atom stereocenters. The standard InChI is InChI=1S/C14H22N2O2/c1-4-12(9-10-17)15-14(18)11-5-7-13(8-6-11)16(2)3/h5-8,12,17H,4,9-10H2,1-3H3,(H,15,18). The lowest BCUT2D eigenvalue weighted by Gasteiger charge is -2.16. The van der Waals surface area contributed by atoms with Crippen LogP contribution in [0.15, 0.2) is 24.3 Å². The third-order valence-corrected chi connectivity index (χ3v) is 2.95. The summed E-state index contributed by atoms with van der Waals surface area (Å²) in [5.41, 5.74) is 1.71. The number of aliphatic hydroxyl groups excluding tert-OH is 1. The fourth-order valence-electron chi connectivity index (χ4n) is 1.71. The van der Waals surface area contributed by atoms with Gasteiger partial charge in [0.2, 0.25) is 0 Å². The van der Waals surface area contributed by atoms with Crippen LogP contribution in [0.25, 0.3) is 0 Å². The van der Waals surface area contributed by atoms with Crippen molar-refractivity contribution in [2.24, 2.45) is 0 Å². The van der Waals surface area contributed by atoms with Crippen LogP contribution in [-0.4, -0.2) is 37.8 Å². The van der Waals surface area contributed by atoms with E-state index >= 15 is 0 Å². The lowest BCUT2D eigenvalue weighted by molar-refractivity contribution is 0.0929. The SMILES string of the molecule is CCC(CCO)NC(=O)c1ccc(N(C)C)cc1. The third-order valence-electron chi connectivity index (χ3n) is 2.95. The molecule has 1 aromatic rings. The van der Waals surface area contributed by atoms with Gasteiger partial charge in [0.15, 0.2) is 0 Å². The first-order valence-corrected chi connectivity index (χ1v) is 6.27. The van der Waals surface area contributed by atoms with Crippen LogP contribution in [0.3, 0.4) is 0 Å². The number of nitrogens with zero attached hydrogens (tertiary/aromatic N) is 1.